The fraction of sp³-hybridized carbons (Fsp3) is 0.412. The van der Waals surface area contributed by atoms with Crippen LogP contribution in [-0.2, 0) is 12.1 Å². The summed E-state index contributed by atoms with van der Waals surface area (Å²) in [5.41, 5.74) is 0.898. The minimum Gasteiger partial charge on any atom is -0.382 e. The van der Waals surface area contributed by atoms with E-state index in [4.69, 9.17) is 0 Å². The lowest BCUT2D eigenvalue weighted by Gasteiger charge is -2.44. The van der Waals surface area contributed by atoms with Crippen molar-refractivity contribution in [1.29, 1.82) is 0 Å². The van der Waals surface area contributed by atoms with Crippen LogP contribution in [0.15, 0.2) is 23.3 Å². The number of hydrogen-bond donors (Lipinski definition) is 4. The summed E-state index contributed by atoms with van der Waals surface area (Å²) in [5.74, 6) is 0. The molecule has 1 atom stereocenters. The van der Waals surface area contributed by atoms with Crippen LogP contribution in [0.3, 0.4) is 0 Å². The standard InChI is InChI=1S/C17H20N4O2S/c1-16(2,3)17(23)8-18-7-11-10-4-12(9-5-19-20-6-9)24-13(10)15(22)21-14(11)17/h4-6,18,23H,7-8H2,1-3H3,(H,19,20)(H,21,22). The van der Waals surface area contributed by atoms with Crippen molar-refractivity contribution in [1.82, 2.24) is 20.5 Å². The van der Waals surface area contributed by atoms with Gasteiger partial charge in [-0.1, -0.05) is 20.8 Å². The predicted molar refractivity (Wildman–Crippen MR) is 95.1 cm³/mol. The van der Waals surface area contributed by atoms with E-state index in [9.17, 15) is 9.90 Å². The molecular weight excluding hydrogens is 324 g/mol. The van der Waals surface area contributed by atoms with E-state index in [1.54, 1.807) is 6.20 Å². The molecule has 0 saturated carbocycles. The molecule has 0 radical (unpaired) electrons. The number of nitrogens with one attached hydrogen (secondary N) is 3. The molecule has 6 nitrogen and oxygen atoms in total. The van der Waals surface area contributed by atoms with E-state index in [1.807, 2.05) is 33.0 Å². The van der Waals surface area contributed by atoms with E-state index in [0.717, 1.165) is 21.4 Å². The quantitative estimate of drug-likeness (QED) is 0.545. The lowest BCUT2D eigenvalue weighted by molar-refractivity contribution is -0.0717. The number of thiophene rings is 1. The Morgan fingerprint density at radius 1 is 1.38 bits per heavy atom. The SMILES string of the molecule is CC(C)(C)C1(O)CNCc2c1[nH]c(=O)c1sc(-c3cn[nH]c3)cc21. The molecule has 126 valence electrons. The maximum absolute atomic E-state index is 12.6. The van der Waals surface area contributed by atoms with Gasteiger partial charge in [-0.25, -0.2) is 0 Å². The van der Waals surface area contributed by atoms with Crippen LogP contribution in [0.1, 0.15) is 32.0 Å². The Hall–Kier alpha value is -1.96. The number of H-pyrrole nitrogens is 2. The molecule has 0 amide bonds. The molecule has 4 N–H and O–H groups in total. The average Bonchev–Trinajstić information content (AvgIpc) is 3.16. The third-order valence-electron chi connectivity index (χ3n) is 4.92. The van der Waals surface area contributed by atoms with Crippen molar-refractivity contribution < 1.29 is 5.11 Å². The van der Waals surface area contributed by atoms with Crippen LogP contribution in [0, 0.1) is 5.41 Å². The molecular formula is C17H20N4O2S. The highest BCUT2D eigenvalue weighted by atomic mass is 32.1. The van der Waals surface area contributed by atoms with Crippen molar-refractivity contribution in [3.63, 3.8) is 0 Å². The number of pyridine rings is 1. The molecule has 7 heteroatoms. The molecule has 0 saturated heterocycles. The van der Waals surface area contributed by atoms with Crippen LogP contribution < -0.4 is 10.9 Å². The van der Waals surface area contributed by atoms with Crippen molar-refractivity contribution in [2.45, 2.75) is 32.9 Å². The van der Waals surface area contributed by atoms with Crippen molar-refractivity contribution >= 4 is 21.4 Å². The van der Waals surface area contributed by atoms with Crippen molar-refractivity contribution in [2.24, 2.45) is 5.41 Å². The Bertz CT molecular complexity index is 965. The van der Waals surface area contributed by atoms with Gasteiger partial charge in [0.05, 0.1) is 11.9 Å². The van der Waals surface area contributed by atoms with E-state index < -0.39 is 11.0 Å². The second-order valence-corrected chi connectivity index (χ2v) is 8.41. The molecule has 3 aromatic heterocycles. The number of aromatic nitrogens is 3. The fourth-order valence-electron chi connectivity index (χ4n) is 3.33. The normalized spacial score (nSPS) is 21.2. The number of aliphatic hydroxyl groups is 1. The highest BCUT2D eigenvalue weighted by molar-refractivity contribution is 7.22. The molecule has 4 rings (SSSR count). The average molecular weight is 344 g/mol. The first-order chi connectivity index (χ1) is 11.3. The van der Waals surface area contributed by atoms with Gasteiger partial charge in [0.15, 0.2) is 0 Å². The first kappa shape index (κ1) is 15.6. The summed E-state index contributed by atoms with van der Waals surface area (Å²) in [6.45, 7) is 7.00. The summed E-state index contributed by atoms with van der Waals surface area (Å²) in [6, 6.07) is 2.02. The van der Waals surface area contributed by atoms with Gasteiger partial charge in [0.25, 0.3) is 5.56 Å². The maximum Gasteiger partial charge on any atom is 0.266 e. The third-order valence-corrected chi connectivity index (χ3v) is 6.11. The summed E-state index contributed by atoms with van der Waals surface area (Å²) in [7, 11) is 0. The molecule has 3 aromatic rings. The summed E-state index contributed by atoms with van der Waals surface area (Å²) < 4.78 is 0.685. The van der Waals surface area contributed by atoms with Gasteiger partial charge in [0, 0.05) is 35.1 Å². The lowest BCUT2D eigenvalue weighted by Crippen LogP contribution is -2.52. The zero-order valence-corrected chi connectivity index (χ0v) is 14.7. The number of hydrogen-bond acceptors (Lipinski definition) is 5. The van der Waals surface area contributed by atoms with Crippen LogP contribution in [0.25, 0.3) is 20.5 Å². The number of fused-ring (bicyclic) bond motifs is 3. The zero-order valence-electron chi connectivity index (χ0n) is 13.9. The molecule has 0 bridgehead atoms. The minimum absolute atomic E-state index is 0.145. The molecule has 0 spiro atoms. The van der Waals surface area contributed by atoms with E-state index >= 15 is 0 Å². The highest BCUT2D eigenvalue weighted by Crippen LogP contribution is 2.43. The number of nitrogens with zero attached hydrogens (tertiary/aromatic N) is 1. The number of aromatic amines is 2. The summed E-state index contributed by atoms with van der Waals surface area (Å²) in [5, 5.41) is 22.3. The number of β-amino-alcohol motifs (C(OH)–C–C–N with tert-alkyl or cyclic N) is 1. The van der Waals surface area contributed by atoms with Gasteiger partial charge in [-0.2, -0.15) is 5.10 Å². The van der Waals surface area contributed by atoms with Crippen LogP contribution in [0.5, 0.6) is 0 Å². The van der Waals surface area contributed by atoms with E-state index in [2.05, 4.69) is 20.5 Å². The Balaban J connectivity index is 2.01. The van der Waals surface area contributed by atoms with E-state index in [1.165, 1.54) is 11.3 Å². The van der Waals surface area contributed by atoms with E-state index in [0.29, 0.717) is 23.5 Å². The molecule has 1 unspecified atom stereocenters. The third kappa shape index (κ3) is 2.08. The maximum atomic E-state index is 12.6. The predicted octanol–water partition coefficient (Wildman–Crippen LogP) is 2.32. The second-order valence-electron chi connectivity index (χ2n) is 7.36. The molecule has 0 fully saturated rings. The monoisotopic (exact) mass is 344 g/mol. The first-order valence-electron chi connectivity index (χ1n) is 7.93. The van der Waals surface area contributed by atoms with Crippen molar-refractivity contribution in [3.8, 4) is 10.4 Å². The van der Waals surface area contributed by atoms with Crippen LogP contribution >= 0.6 is 11.3 Å². The van der Waals surface area contributed by atoms with Crippen LogP contribution in [-0.4, -0.2) is 26.8 Å². The van der Waals surface area contributed by atoms with Crippen LogP contribution in [0.2, 0.25) is 0 Å². The molecule has 0 aromatic carbocycles. The molecule has 4 heterocycles. The lowest BCUT2D eigenvalue weighted by atomic mass is 9.71. The zero-order chi connectivity index (χ0) is 17.1. The summed E-state index contributed by atoms with van der Waals surface area (Å²) >= 11 is 1.45. The van der Waals surface area contributed by atoms with Gasteiger partial charge in [-0.05, 0) is 17.0 Å². The topological polar surface area (TPSA) is 93.8 Å². The highest BCUT2D eigenvalue weighted by Gasteiger charge is 2.46. The molecule has 0 aliphatic carbocycles. The van der Waals surface area contributed by atoms with Crippen molar-refractivity contribution in [2.75, 3.05) is 6.54 Å². The molecule has 1 aliphatic heterocycles. The van der Waals surface area contributed by atoms with Crippen LogP contribution in [0.4, 0.5) is 0 Å². The smallest absolute Gasteiger partial charge is 0.266 e. The van der Waals surface area contributed by atoms with Gasteiger partial charge >= 0.3 is 0 Å². The molecule has 1 aliphatic rings. The minimum atomic E-state index is -1.12. The molecule has 24 heavy (non-hydrogen) atoms. The summed E-state index contributed by atoms with van der Waals surface area (Å²) in [4.78, 5) is 16.6. The second kappa shape index (κ2) is 5.02. The van der Waals surface area contributed by atoms with Crippen molar-refractivity contribution in [3.05, 3.63) is 40.1 Å². The van der Waals surface area contributed by atoms with E-state index in [-0.39, 0.29) is 5.56 Å². The largest absolute Gasteiger partial charge is 0.382 e. The number of rotatable bonds is 1. The van der Waals surface area contributed by atoms with Gasteiger partial charge in [0.2, 0.25) is 0 Å². The van der Waals surface area contributed by atoms with Gasteiger partial charge in [-0.15, -0.1) is 11.3 Å². The van der Waals surface area contributed by atoms with Gasteiger partial charge in [-0.3, -0.25) is 9.89 Å². The van der Waals surface area contributed by atoms with Gasteiger partial charge in [0.1, 0.15) is 10.3 Å². The first-order valence-corrected chi connectivity index (χ1v) is 8.74. The summed E-state index contributed by atoms with van der Waals surface area (Å²) in [6.07, 6.45) is 3.56. The Kier molecular flexibility index (Phi) is 3.25. The Morgan fingerprint density at radius 3 is 2.83 bits per heavy atom. The van der Waals surface area contributed by atoms with Gasteiger partial charge < -0.3 is 15.4 Å². The Labute approximate surface area is 142 Å². The fourth-order valence-corrected chi connectivity index (χ4v) is 4.39. The Morgan fingerprint density at radius 2 is 2.17 bits per heavy atom.